The van der Waals surface area contributed by atoms with E-state index in [4.69, 9.17) is 5.21 Å². The predicted molar refractivity (Wildman–Crippen MR) is 20.5 cm³/mol. The highest BCUT2D eigenvalue weighted by atomic mass is 16.5. The molecular formula is C3H7NO2. The second-order valence-corrected chi connectivity index (χ2v) is 1.01. The fraction of sp³-hybridized carbons (Fsp3) is 0.667. The van der Waals surface area contributed by atoms with Crippen molar-refractivity contribution >= 4 is 6.29 Å². The molecule has 3 nitrogen and oxygen atoms in total. The number of hydrogen-bond acceptors (Lipinski definition) is 3. The smallest absolute Gasteiger partial charge is 0.136 e. The van der Waals surface area contributed by atoms with Crippen LogP contribution in [0.1, 0.15) is 0 Å². The summed E-state index contributed by atoms with van der Waals surface area (Å²) >= 11 is 0. The summed E-state index contributed by atoms with van der Waals surface area (Å²) in [5, 5.41) is 8.97. The van der Waals surface area contributed by atoms with Gasteiger partial charge in [-0.15, -0.1) is 0 Å². The molecule has 0 heterocycles. The lowest BCUT2D eigenvalue weighted by Crippen LogP contribution is -2.14. The van der Waals surface area contributed by atoms with E-state index >= 15 is 0 Å². The summed E-state index contributed by atoms with van der Waals surface area (Å²) in [5.41, 5.74) is 0. The fourth-order valence-corrected chi connectivity index (χ4v) is 0.108. The van der Waals surface area contributed by atoms with Crippen LogP contribution in [0.15, 0.2) is 0 Å². The van der Waals surface area contributed by atoms with Crippen LogP contribution >= 0.6 is 0 Å². The first-order valence-electron chi connectivity index (χ1n) is 1.61. The van der Waals surface area contributed by atoms with Crippen molar-refractivity contribution in [2.24, 2.45) is 0 Å². The van der Waals surface area contributed by atoms with E-state index in [0.29, 0.717) is 6.29 Å². The summed E-state index contributed by atoms with van der Waals surface area (Å²) in [6, 6.07) is 0. The summed E-state index contributed by atoms with van der Waals surface area (Å²) in [4.78, 5) is 9.41. The maximum absolute atomic E-state index is 9.41. The van der Waals surface area contributed by atoms with Crippen molar-refractivity contribution in [3.63, 3.8) is 0 Å². The van der Waals surface area contributed by atoms with Gasteiger partial charge in [0.2, 0.25) is 0 Å². The highest BCUT2D eigenvalue weighted by Gasteiger charge is 1.81. The van der Waals surface area contributed by atoms with Gasteiger partial charge in [0.1, 0.15) is 6.29 Å². The Kier molecular flexibility index (Phi) is 2.62. The van der Waals surface area contributed by atoms with Crippen molar-refractivity contribution in [3.8, 4) is 0 Å². The van der Waals surface area contributed by atoms with Crippen LogP contribution in [-0.2, 0) is 4.79 Å². The Labute approximate surface area is 36.1 Å². The van der Waals surface area contributed by atoms with Gasteiger partial charge in [-0.1, -0.05) is 0 Å². The average Bonchev–Trinajstić information content (AvgIpc) is 1.35. The molecule has 0 aliphatic rings. The Morgan fingerprint density at radius 3 is 2.50 bits per heavy atom. The minimum Gasteiger partial charge on any atom is -0.314 e. The van der Waals surface area contributed by atoms with Crippen molar-refractivity contribution in [1.29, 1.82) is 0 Å². The maximum Gasteiger partial charge on any atom is 0.136 e. The lowest BCUT2D eigenvalue weighted by atomic mass is 10.7. The molecule has 0 unspecified atom stereocenters. The standard InChI is InChI=1S/C3H7NO2/c1-4(6)2-3-5/h3,6H,2H2,1H3. The van der Waals surface area contributed by atoms with Gasteiger partial charge in [-0.25, -0.2) is 0 Å². The molecule has 1 N–H and O–H groups in total. The van der Waals surface area contributed by atoms with Crippen molar-refractivity contribution < 1.29 is 10.0 Å². The maximum atomic E-state index is 9.41. The third kappa shape index (κ3) is 3.59. The van der Waals surface area contributed by atoms with E-state index in [-0.39, 0.29) is 6.54 Å². The quantitative estimate of drug-likeness (QED) is 0.366. The molecule has 0 bridgehead atoms. The van der Waals surface area contributed by atoms with Gasteiger partial charge in [0.15, 0.2) is 0 Å². The van der Waals surface area contributed by atoms with E-state index in [0.717, 1.165) is 5.06 Å². The van der Waals surface area contributed by atoms with Crippen LogP contribution in [0.2, 0.25) is 0 Å². The summed E-state index contributed by atoms with van der Waals surface area (Å²) in [5.74, 6) is 0. The van der Waals surface area contributed by atoms with Gasteiger partial charge >= 0.3 is 0 Å². The molecule has 0 radical (unpaired) electrons. The fourth-order valence-electron chi connectivity index (χ4n) is 0.108. The Hall–Kier alpha value is -0.410. The van der Waals surface area contributed by atoms with E-state index in [2.05, 4.69) is 0 Å². The van der Waals surface area contributed by atoms with Crippen molar-refractivity contribution in [2.75, 3.05) is 13.6 Å². The minimum absolute atomic E-state index is 0.0833. The zero-order valence-electron chi connectivity index (χ0n) is 3.59. The van der Waals surface area contributed by atoms with E-state index in [9.17, 15) is 4.79 Å². The molecule has 0 aliphatic heterocycles. The van der Waals surface area contributed by atoms with Gasteiger partial charge in [-0.05, 0) is 0 Å². The molecule has 0 aromatic carbocycles. The predicted octanol–water partition coefficient (Wildman–Crippen LogP) is -0.494. The van der Waals surface area contributed by atoms with Crippen LogP contribution in [0.5, 0.6) is 0 Å². The van der Waals surface area contributed by atoms with Crippen molar-refractivity contribution in [1.82, 2.24) is 5.06 Å². The van der Waals surface area contributed by atoms with Crippen molar-refractivity contribution in [3.05, 3.63) is 0 Å². The number of rotatable bonds is 2. The van der Waals surface area contributed by atoms with Gasteiger partial charge in [-0.3, -0.25) is 0 Å². The molecule has 3 heteroatoms. The summed E-state index contributed by atoms with van der Waals surface area (Å²) < 4.78 is 0. The molecule has 0 rings (SSSR count). The molecule has 0 aliphatic carbocycles. The van der Waals surface area contributed by atoms with E-state index in [1.54, 1.807) is 0 Å². The minimum atomic E-state index is 0.0833. The number of hydrogen-bond donors (Lipinski definition) is 1. The summed E-state index contributed by atoms with van der Waals surface area (Å²) in [6.07, 6.45) is 0.625. The summed E-state index contributed by atoms with van der Waals surface area (Å²) in [7, 11) is 1.41. The van der Waals surface area contributed by atoms with Gasteiger partial charge in [-0.2, -0.15) is 5.06 Å². The molecule has 0 aromatic rings. The van der Waals surface area contributed by atoms with Gasteiger partial charge in [0.05, 0.1) is 6.54 Å². The van der Waals surface area contributed by atoms with Gasteiger partial charge in [0, 0.05) is 7.05 Å². The first-order valence-corrected chi connectivity index (χ1v) is 1.61. The van der Waals surface area contributed by atoms with E-state index < -0.39 is 0 Å². The lowest BCUT2D eigenvalue weighted by Gasteiger charge is -1.97. The first-order chi connectivity index (χ1) is 2.77. The molecule has 0 aromatic heterocycles. The number of carbonyl (C=O) groups excluding carboxylic acids is 1. The van der Waals surface area contributed by atoms with Gasteiger partial charge < -0.3 is 10.0 Å². The highest BCUT2D eigenvalue weighted by molar-refractivity contribution is 5.51. The largest absolute Gasteiger partial charge is 0.314 e. The molecule has 0 spiro atoms. The monoisotopic (exact) mass is 89.0 g/mol. The number of aldehydes is 1. The Bertz CT molecular complexity index is 44.1. The number of carbonyl (C=O) groups is 1. The SMILES string of the molecule is CN(O)CC=O. The Morgan fingerprint density at radius 1 is 2.00 bits per heavy atom. The van der Waals surface area contributed by atoms with Crippen LogP contribution < -0.4 is 0 Å². The molecule has 0 fully saturated rings. The van der Waals surface area contributed by atoms with Crippen LogP contribution in [0, 0.1) is 0 Å². The molecule has 6 heavy (non-hydrogen) atoms. The first kappa shape index (κ1) is 5.59. The van der Waals surface area contributed by atoms with E-state index in [1.165, 1.54) is 7.05 Å². The number of nitrogens with zero attached hydrogens (tertiary/aromatic N) is 1. The second-order valence-electron chi connectivity index (χ2n) is 1.01. The highest BCUT2D eigenvalue weighted by Crippen LogP contribution is 1.61. The lowest BCUT2D eigenvalue weighted by molar-refractivity contribution is -0.119. The van der Waals surface area contributed by atoms with Gasteiger partial charge in [0.25, 0.3) is 0 Å². The van der Waals surface area contributed by atoms with Crippen LogP contribution in [0.3, 0.4) is 0 Å². The van der Waals surface area contributed by atoms with Crippen molar-refractivity contribution in [2.45, 2.75) is 0 Å². The zero-order chi connectivity index (χ0) is 4.99. The third-order valence-electron chi connectivity index (χ3n) is 0.339. The molecule has 0 amide bonds. The Morgan fingerprint density at radius 2 is 2.50 bits per heavy atom. The third-order valence-corrected chi connectivity index (χ3v) is 0.339. The van der Waals surface area contributed by atoms with E-state index in [1.807, 2.05) is 0 Å². The topological polar surface area (TPSA) is 40.5 Å². The van der Waals surface area contributed by atoms with Crippen LogP contribution in [0.25, 0.3) is 0 Å². The normalized spacial score (nSPS) is 9.17. The zero-order valence-corrected chi connectivity index (χ0v) is 3.59. The number of likely N-dealkylation sites (N-methyl/N-ethyl adjacent to an activating group) is 1. The molecule has 0 saturated heterocycles. The number of hydroxylamine groups is 2. The van der Waals surface area contributed by atoms with Crippen LogP contribution in [0.4, 0.5) is 0 Å². The van der Waals surface area contributed by atoms with Crippen LogP contribution in [-0.4, -0.2) is 30.1 Å². The molecular weight excluding hydrogens is 82.0 g/mol. The molecule has 0 atom stereocenters. The Balaban J connectivity index is 2.81. The summed E-state index contributed by atoms with van der Waals surface area (Å²) in [6.45, 7) is 0.0833. The molecule has 36 valence electrons. The molecule has 0 saturated carbocycles. The average molecular weight is 89.1 g/mol. The second kappa shape index (κ2) is 2.81.